The second-order valence-electron chi connectivity index (χ2n) is 6.09. The Bertz CT molecular complexity index is 778. The van der Waals surface area contributed by atoms with Gasteiger partial charge in [-0.1, -0.05) is 42.5 Å². The molecule has 8 heteroatoms. The van der Waals surface area contributed by atoms with Gasteiger partial charge in [0.25, 0.3) is 0 Å². The number of imide groups is 1. The molecule has 150 valence electrons. The molecule has 0 aliphatic rings. The molecule has 0 spiro atoms. The number of alkyl halides is 3. The van der Waals surface area contributed by atoms with Crippen molar-refractivity contribution in [2.75, 3.05) is 13.1 Å². The third-order valence-electron chi connectivity index (χ3n) is 4.01. The number of hydrogen-bond acceptors (Lipinski definition) is 3. The number of amides is 3. The summed E-state index contributed by atoms with van der Waals surface area (Å²) in [6.07, 6.45) is -3.94. The van der Waals surface area contributed by atoms with E-state index in [-0.39, 0.29) is 0 Å². The third-order valence-corrected chi connectivity index (χ3v) is 4.01. The Morgan fingerprint density at radius 3 is 2.21 bits per heavy atom. The zero-order valence-corrected chi connectivity index (χ0v) is 15.3. The molecule has 0 heterocycles. The van der Waals surface area contributed by atoms with E-state index in [1.165, 1.54) is 12.1 Å². The number of halogens is 3. The Morgan fingerprint density at radius 1 is 1.00 bits per heavy atom. The van der Waals surface area contributed by atoms with Crippen LogP contribution in [0.15, 0.2) is 54.6 Å². The van der Waals surface area contributed by atoms with E-state index in [1.807, 2.05) is 6.07 Å². The fraction of sp³-hybridized carbons (Fsp3) is 0.300. The topological polar surface area (TPSA) is 70.2 Å². The average molecular weight is 393 g/mol. The van der Waals surface area contributed by atoms with Gasteiger partial charge >= 0.3 is 12.2 Å². The summed E-state index contributed by atoms with van der Waals surface area (Å²) in [5.74, 6) is -0.510. The maximum absolute atomic E-state index is 12.6. The van der Waals surface area contributed by atoms with Crippen molar-refractivity contribution in [3.63, 3.8) is 0 Å². The van der Waals surface area contributed by atoms with Crippen LogP contribution in [0.1, 0.15) is 29.7 Å². The van der Waals surface area contributed by atoms with Crippen molar-refractivity contribution in [2.24, 2.45) is 0 Å². The number of rotatable bonds is 7. The van der Waals surface area contributed by atoms with Gasteiger partial charge < -0.3 is 10.6 Å². The second-order valence-corrected chi connectivity index (χ2v) is 6.09. The highest BCUT2D eigenvalue weighted by atomic mass is 19.4. The first kappa shape index (κ1) is 21.4. The summed E-state index contributed by atoms with van der Waals surface area (Å²) in [5.41, 5.74) is 0.681. The monoisotopic (exact) mass is 393 g/mol. The molecule has 28 heavy (non-hydrogen) atoms. The Morgan fingerprint density at radius 2 is 1.64 bits per heavy atom. The zero-order chi connectivity index (χ0) is 20.6. The minimum atomic E-state index is -4.37. The van der Waals surface area contributed by atoms with Crippen LogP contribution < -0.4 is 16.0 Å². The lowest BCUT2D eigenvalue weighted by atomic mass is 10.0. The van der Waals surface area contributed by atoms with Gasteiger partial charge in [-0.05, 0) is 36.6 Å². The summed E-state index contributed by atoms with van der Waals surface area (Å²) in [5, 5.41) is 7.83. The lowest BCUT2D eigenvalue weighted by Gasteiger charge is -2.18. The van der Waals surface area contributed by atoms with Crippen LogP contribution in [0.3, 0.4) is 0 Å². The van der Waals surface area contributed by atoms with Gasteiger partial charge in [-0.25, -0.2) is 4.79 Å². The van der Waals surface area contributed by atoms with Crippen molar-refractivity contribution in [1.82, 2.24) is 16.0 Å². The molecule has 0 unspecified atom stereocenters. The molecular formula is C20H22F3N3O2. The molecule has 0 aliphatic carbocycles. The smallest absolute Gasteiger partial charge is 0.338 e. The van der Waals surface area contributed by atoms with E-state index < -0.39 is 29.7 Å². The van der Waals surface area contributed by atoms with Crippen LogP contribution in [0.5, 0.6) is 0 Å². The van der Waals surface area contributed by atoms with Gasteiger partial charge in [-0.2, -0.15) is 13.2 Å². The first-order chi connectivity index (χ1) is 13.3. The van der Waals surface area contributed by atoms with E-state index in [0.29, 0.717) is 30.6 Å². The molecule has 1 atom stereocenters. The Hall–Kier alpha value is -2.87. The molecule has 0 bridgehead atoms. The van der Waals surface area contributed by atoms with E-state index in [1.54, 1.807) is 31.2 Å². The summed E-state index contributed by atoms with van der Waals surface area (Å²) in [6.45, 7) is 2.46. The maximum atomic E-state index is 12.6. The highest BCUT2D eigenvalue weighted by Gasteiger charge is 2.30. The van der Waals surface area contributed by atoms with Crippen LogP contribution >= 0.6 is 0 Å². The number of benzene rings is 2. The quantitative estimate of drug-likeness (QED) is 0.675. The minimum absolute atomic E-state index is 0.341. The van der Waals surface area contributed by atoms with E-state index in [0.717, 1.165) is 12.1 Å². The number of nitrogens with one attached hydrogen (secondary N) is 3. The highest BCUT2D eigenvalue weighted by molar-refractivity contribution is 5.97. The molecular weight excluding hydrogens is 371 g/mol. The Kier molecular flexibility index (Phi) is 7.57. The number of urea groups is 1. The molecule has 0 radical (unpaired) electrons. The van der Waals surface area contributed by atoms with E-state index in [9.17, 15) is 22.8 Å². The summed E-state index contributed by atoms with van der Waals surface area (Å²) in [4.78, 5) is 24.1. The normalized spacial score (nSPS) is 12.3. The Balaban J connectivity index is 2.00. The van der Waals surface area contributed by atoms with Crippen molar-refractivity contribution < 1.29 is 22.8 Å². The minimum Gasteiger partial charge on any atom is -0.338 e. The van der Waals surface area contributed by atoms with Crippen molar-refractivity contribution in [3.8, 4) is 0 Å². The molecule has 5 nitrogen and oxygen atoms in total. The molecule has 0 saturated heterocycles. The lowest BCUT2D eigenvalue weighted by Crippen LogP contribution is -2.45. The third kappa shape index (κ3) is 6.38. The van der Waals surface area contributed by atoms with Crippen molar-refractivity contribution >= 4 is 11.9 Å². The van der Waals surface area contributed by atoms with Gasteiger partial charge in [0.1, 0.15) is 6.04 Å². The molecule has 2 aromatic carbocycles. The predicted molar refractivity (Wildman–Crippen MR) is 99.5 cm³/mol. The van der Waals surface area contributed by atoms with Crippen LogP contribution in [0.2, 0.25) is 0 Å². The average Bonchev–Trinajstić information content (AvgIpc) is 2.65. The van der Waals surface area contributed by atoms with Crippen LogP contribution in [0, 0.1) is 0 Å². The summed E-state index contributed by atoms with van der Waals surface area (Å²) in [7, 11) is 0. The molecule has 0 aliphatic heterocycles. The first-order valence-electron chi connectivity index (χ1n) is 8.84. The Labute approximate surface area is 161 Å². The summed E-state index contributed by atoms with van der Waals surface area (Å²) >= 11 is 0. The van der Waals surface area contributed by atoms with Crippen LogP contribution in [0.4, 0.5) is 18.0 Å². The van der Waals surface area contributed by atoms with Crippen LogP contribution in [-0.2, 0) is 17.4 Å². The van der Waals surface area contributed by atoms with Gasteiger partial charge in [-0.15, -0.1) is 0 Å². The molecule has 0 saturated carbocycles. The molecule has 2 aromatic rings. The number of hydrogen-bond donors (Lipinski definition) is 3. The van der Waals surface area contributed by atoms with E-state index in [4.69, 9.17) is 0 Å². The standard InChI is InChI=1S/C20H22F3N3O2/c1-2-24-19(28)26-18(27)17(15-6-4-3-5-7-15)25-13-12-14-8-10-16(11-9-14)20(21,22)23/h3-11,17,25H,2,12-13H2,1H3,(H2,24,26,27,28)/t17-/m1/s1. The number of carbonyl (C=O) groups is 2. The van der Waals surface area contributed by atoms with Crippen molar-refractivity contribution in [1.29, 1.82) is 0 Å². The maximum Gasteiger partial charge on any atom is 0.416 e. The van der Waals surface area contributed by atoms with E-state index in [2.05, 4.69) is 16.0 Å². The first-order valence-corrected chi connectivity index (χ1v) is 8.84. The van der Waals surface area contributed by atoms with Crippen molar-refractivity contribution in [2.45, 2.75) is 25.6 Å². The number of carbonyl (C=O) groups excluding carboxylic acids is 2. The fourth-order valence-corrected chi connectivity index (χ4v) is 2.62. The lowest BCUT2D eigenvalue weighted by molar-refractivity contribution is -0.137. The van der Waals surface area contributed by atoms with Gasteiger partial charge in [-0.3, -0.25) is 10.1 Å². The zero-order valence-electron chi connectivity index (χ0n) is 15.3. The highest BCUT2D eigenvalue weighted by Crippen LogP contribution is 2.29. The second kappa shape index (κ2) is 9.89. The largest absolute Gasteiger partial charge is 0.416 e. The van der Waals surface area contributed by atoms with Gasteiger partial charge in [0.2, 0.25) is 5.91 Å². The molecule has 0 fully saturated rings. The predicted octanol–water partition coefficient (Wildman–Crippen LogP) is 3.42. The molecule has 3 N–H and O–H groups in total. The van der Waals surface area contributed by atoms with Gasteiger partial charge in [0.15, 0.2) is 0 Å². The SMILES string of the molecule is CCNC(=O)NC(=O)[C@H](NCCc1ccc(C(F)(F)F)cc1)c1ccccc1. The van der Waals surface area contributed by atoms with Crippen LogP contribution in [-0.4, -0.2) is 25.0 Å². The summed E-state index contributed by atoms with van der Waals surface area (Å²) in [6, 6.07) is 12.4. The fourth-order valence-electron chi connectivity index (χ4n) is 2.62. The van der Waals surface area contributed by atoms with Crippen molar-refractivity contribution in [3.05, 3.63) is 71.3 Å². The molecule has 0 aromatic heterocycles. The summed E-state index contributed by atoms with van der Waals surface area (Å²) < 4.78 is 37.9. The molecule has 2 rings (SSSR count). The van der Waals surface area contributed by atoms with Gasteiger partial charge in [0, 0.05) is 13.1 Å². The van der Waals surface area contributed by atoms with Gasteiger partial charge in [0.05, 0.1) is 5.56 Å². The van der Waals surface area contributed by atoms with Crippen LogP contribution in [0.25, 0.3) is 0 Å². The van der Waals surface area contributed by atoms with E-state index >= 15 is 0 Å². The molecule has 3 amide bonds.